The van der Waals surface area contributed by atoms with Gasteiger partial charge in [-0.25, -0.2) is 0 Å². The molecule has 4 nitrogen and oxygen atoms in total. The van der Waals surface area contributed by atoms with Gasteiger partial charge in [0.25, 0.3) is 0 Å². The Morgan fingerprint density at radius 3 is 2.87 bits per heavy atom. The summed E-state index contributed by atoms with van der Waals surface area (Å²) in [6.07, 6.45) is 2.22. The Bertz CT molecular complexity index is 573. The molecule has 5 heteroatoms. The fraction of sp³-hybridized carbons (Fsp3) is 0.611. The van der Waals surface area contributed by atoms with Crippen LogP contribution < -0.4 is 5.32 Å². The predicted molar refractivity (Wildman–Crippen MR) is 94.8 cm³/mol. The summed E-state index contributed by atoms with van der Waals surface area (Å²) in [7, 11) is 0. The van der Waals surface area contributed by atoms with Gasteiger partial charge in [0, 0.05) is 45.3 Å². The molecule has 23 heavy (non-hydrogen) atoms. The van der Waals surface area contributed by atoms with Crippen LogP contribution in [0.25, 0.3) is 0 Å². The summed E-state index contributed by atoms with van der Waals surface area (Å²) in [5, 5.41) is 3.42. The van der Waals surface area contributed by atoms with Crippen molar-refractivity contribution in [3.8, 4) is 0 Å². The van der Waals surface area contributed by atoms with Crippen LogP contribution in [0.3, 0.4) is 0 Å². The van der Waals surface area contributed by atoms with Crippen LogP contribution >= 0.6 is 11.8 Å². The third-order valence-electron chi connectivity index (χ3n) is 5.36. The smallest absolute Gasteiger partial charge is 0.240 e. The molecule has 2 fully saturated rings. The van der Waals surface area contributed by atoms with Crippen molar-refractivity contribution in [1.29, 1.82) is 0 Å². The molecule has 3 aliphatic heterocycles. The Kier molecular flexibility index (Phi) is 4.60. The molecule has 1 aromatic rings. The van der Waals surface area contributed by atoms with Gasteiger partial charge in [0.15, 0.2) is 0 Å². The van der Waals surface area contributed by atoms with Gasteiger partial charge in [-0.15, -0.1) is 11.8 Å². The van der Waals surface area contributed by atoms with Gasteiger partial charge in [0.05, 0.1) is 0 Å². The number of benzene rings is 1. The first-order chi connectivity index (χ1) is 11.3. The minimum absolute atomic E-state index is 0.0155. The van der Waals surface area contributed by atoms with Gasteiger partial charge in [0.2, 0.25) is 5.91 Å². The van der Waals surface area contributed by atoms with E-state index in [1.165, 1.54) is 11.1 Å². The normalized spacial score (nSPS) is 28.6. The van der Waals surface area contributed by atoms with Gasteiger partial charge >= 0.3 is 0 Å². The van der Waals surface area contributed by atoms with Crippen LogP contribution in [0.2, 0.25) is 0 Å². The van der Waals surface area contributed by atoms with E-state index in [4.69, 9.17) is 0 Å². The van der Waals surface area contributed by atoms with E-state index in [1.54, 1.807) is 0 Å². The molecule has 124 valence electrons. The first-order valence-corrected chi connectivity index (χ1v) is 9.81. The SMILES string of the molecule is O=C(C1SCCc2ccccc21)N1CCC(N2CCNCC2)C1. The number of hydrogen-bond donors (Lipinski definition) is 1. The van der Waals surface area contributed by atoms with Crippen molar-refractivity contribution < 1.29 is 4.79 Å². The molecule has 0 spiro atoms. The molecule has 1 amide bonds. The van der Waals surface area contributed by atoms with Gasteiger partial charge in [-0.2, -0.15) is 0 Å². The highest BCUT2D eigenvalue weighted by atomic mass is 32.2. The van der Waals surface area contributed by atoms with Crippen LogP contribution in [0.15, 0.2) is 24.3 Å². The minimum atomic E-state index is 0.0155. The Balaban J connectivity index is 1.44. The number of piperazine rings is 1. The summed E-state index contributed by atoms with van der Waals surface area (Å²) < 4.78 is 0. The van der Waals surface area contributed by atoms with Crippen molar-refractivity contribution in [2.45, 2.75) is 24.1 Å². The van der Waals surface area contributed by atoms with Crippen molar-refractivity contribution in [3.05, 3.63) is 35.4 Å². The number of amides is 1. The van der Waals surface area contributed by atoms with E-state index in [1.807, 2.05) is 11.8 Å². The van der Waals surface area contributed by atoms with Crippen LogP contribution in [0, 0.1) is 0 Å². The molecule has 4 rings (SSSR count). The predicted octanol–water partition coefficient (Wildman–Crippen LogP) is 1.52. The highest BCUT2D eigenvalue weighted by Gasteiger charge is 2.36. The van der Waals surface area contributed by atoms with Crippen molar-refractivity contribution >= 4 is 17.7 Å². The fourth-order valence-electron chi connectivity index (χ4n) is 4.05. The Hall–Kier alpha value is -1.04. The maximum atomic E-state index is 13.1. The minimum Gasteiger partial charge on any atom is -0.340 e. The molecule has 0 saturated carbocycles. The Morgan fingerprint density at radius 2 is 2.00 bits per heavy atom. The zero-order chi connectivity index (χ0) is 15.6. The van der Waals surface area contributed by atoms with Crippen LogP contribution in [-0.2, 0) is 11.2 Å². The number of nitrogens with zero attached hydrogens (tertiary/aromatic N) is 2. The lowest BCUT2D eigenvalue weighted by Crippen LogP contribution is -2.49. The summed E-state index contributed by atoms with van der Waals surface area (Å²) in [6, 6.07) is 9.05. The third-order valence-corrected chi connectivity index (χ3v) is 6.59. The standard InChI is InChI=1S/C18H25N3OS/c22-18(17-16-4-2-1-3-14(16)6-12-23-17)21-9-5-15(13-21)20-10-7-19-8-11-20/h1-4,15,17,19H,5-13H2. The number of thioether (sulfide) groups is 1. The molecule has 2 atom stereocenters. The number of fused-ring (bicyclic) bond motifs is 1. The highest BCUT2D eigenvalue weighted by Crippen LogP contribution is 2.38. The molecule has 3 heterocycles. The number of nitrogens with one attached hydrogen (secondary N) is 1. The summed E-state index contributed by atoms with van der Waals surface area (Å²) in [4.78, 5) is 17.7. The number of aryl methyl sites for hydroxylation is 1. The Morgan fingerprint density at radius 1 is 1.17 bits per heavy atom. The van der Waals surface area contributed by atoms with E-state index in [-0.39, 0.29) is 5.25 Å². The third kappa shape index (κ3) is 3.14. The second-order valence-electron chi connectivity index (χ2n) is 6.71. The van der Waals surface area contributed by atoms with Crippen molar-refractivity contribution in [3.63, 3.8) is 0 Å². The average Bonchev–Trinajstić information content (AvgIpc) is 3.11. The summed E-state index contributed by atoms with van der Waals surface area (Å²) in [5.74, 6) is 1.39. The second kappa shape index (κ2) is 6.83. The van der Waals surface area contributed by atoms with E-state index in [0.29, 0.717) is 11.9 Å². The monoisotopic (exact) mass is 331 g/mol. The summed E-state index contributed by atoms with van der Waals surface area (Å²) >= 11 is 1.82. The highest BCUT2D eigenvalue weighted by molar-refractivity contribution is 8.00. The van der Waals surface area contributed by atoms with Crippen molar-refractivity contribution in [1.82, 2.24) is 15.1 Å². The lowest BCUT2D eigenvalue weighted by atomic mass is 10.0. The molecule has 0 aliphatic carbocycles. The quantitative estimate of drug-likeness (QED) is 0.891. The number of hydrogen-bond acceptors (Lipinski definition) is 4. The second-order valence-corrected chi connectivity index (χ2v) is 7.93. The number of carbonyl (C=O) groups is 1. The average molecular weight is 331 g/mol. The van der Waals surface area contributed by atoms with E-state index in [2.05, 4.69) is 39.4 Å². The first-order valence-electron chi connectivity index (χ1n) is 8.76. The van der Waals surface area contributed by atoms with Crippen LogP contribution in [0.4, 0.5) is 0 Å². The van der Waals surface area contributed by atoms with E-state index >= 15 is 0 Å². The molecular formula is C18H25N3OS. The molecule has 0 aromatic heterocycles. The van der Waals surface area contributed by atoms with Crippen LogP contribution in [-0.4, -0.2) is 66.8 Å². The summed E-state index contributed by atoms with van der Waals surface area (Å²) in [6.45, 7) is 6.23. The zero-order valence-electron chi connectivity index (χ0n) is 13.5. The van der Waals surface area contributed by atoms with Gasteiger partial charge in [-0.1, -0.05) is 24.3 Å². The lowest BCUT2D eigenvalue weighted by Gasteiger charge is -2.33. The molecule has 2 saturated heterocycles. The lowest BCUT2D eigenvalue weighted by molar-refractivity contribution is -0.129. The molecule has 1 N–H and O–H groups in total. The largest absolute Gasteiger partial charge is 0.340 e. The maximum absolute atomic E-state index is 13.1. The number of rotatable bonds is 2. The number of carbonyl (C=O) groups excluding carboxylic acids is 1. The maximum Gasteiger partial charge on any atom is 0.240 e. The topological polar surface area (TPSA) is 35.6 Å². The van der Waals surface area contributed by atoms with Crippen LogP contribution in [0.1, 0.15) is 22.8 Å². The van der Waals surface area contributed by atoms with E-state index in [9.17, 15) is 4.79 Å². The van der Waals surface area contributed by atoms with Crippen molar-refractivity contribution in [2.24, 2.45) is 0 Å². The first kappa shape index (κ1) is 15.5. The molecule has 2 unspecified atom stereocenters. The molecule has 1 aromatic carbocycles. The van der Waals surface area contributed by atoms with Crippen molar-refractivity contribution in [2.75, 3.05) is 45.0 Å². The van der Waals surface area contributed by atoms with Gasteiger partial charge < -0.3 is 10.2 Å². The Labute approximate surface area is 142 Å². The molecule has 3 aliphatic rings. The van der Waals surface area contributed by atoms with Gasteiger partial charge in [-0.3, -0.25) is 9.69 Å². The number of likely N-dealkylation sites (tertiary alicyclic amines) is 1. The molecule has 0 radical (unpaired) electrons. The van der Waals surface area contributed by atoms with E-state index < -0.39 is 0 Å². The van der Waals surface area contributed by atoms with Gasteiger partial charge in [0.1, 0.15) is 5.25 Å². The zero-order valence-corrected chi connectivity index (χ0v) is 14.4. The van der Waals surface area contributed by atoms with Gasteiger partial charge in [-0.05, 0) is 29.7 Å². The molecule has 0 bridgehead atoms. The summed E-state index contributed by atoms with van der Waals surface area (Å²) in [5.41, 5.74) is 2.61. The van der Waals surface area contributed by atoms with E-state index in [0.717, 1.165) is 57.9 Å². The van der Waals surface area contributed by atoms with Crippen LogP contribution in [0.5, 0.6) is 0 Å². The molecular weight excluding hydrogens is 306 g/mol. The fourth-order valence-corrected chi connectivity index (χ4v) is 5.33.